The number of rotatable bonds is 7. The Morgan fingerprint density at radius 1 is 0.943 bits per heavy atom. The Kier molecular flexibility index (Phi) is 7.17. The molecule has 4 rings (SSSR count). The van der Waals surface area contributed by atoms with Gasteiger partial charge in [-0.2, -0.15) is 0 Å². The van der Waals surface area contributed by atoms with Crippen LogP contribution in [0, 0.1) is 6.92 Å². The van der Waals surface area contributed by atoms with E-state index in [1.807, 2.05) is 41.8 Å². The minimum absolute atomic E-state index is 0.176. The maximum Gasteiger partial charge on any atom is 0.345 e. The second-order valence-corrected chi connectivity index (χ2v) is 7.91. The van der Waals surface area contributed by atoms with E-state index in [2.05, 4.69) is 5.32 Å². The summed E-state index contributed by atoms with van der Waals surface area (Å²) < 4.78 is 12.9. The molecule has 4 aromatic rings. The fourth-order valence-corrected chi connectivity index (χ4v) is 4.01. The predicted molar refractivity (Wildman–Crippen MR) is 135 cm³/mol. The van der Waals surface area contributed by atoms with Gasteiger partial charge >= 0.3 is 11.9 Å². The first-order chi connectivity index (χ1) is 16.9. The second kappa shape index (κ2) is 10.4. The summed E-state index contributed by atoms with van der Waals surface area (Å²) in [6.45, 7) is 3.83. The van der Waals surface area contributed by atoms with Gasteiger partial charge in [0.25, 0.3) is 0 Å². The van der Waals surface area contributed by atoms with Crippen molar-refractivity contribution in [2.75, 3.05) is 17.8 Å². The molecule has 0 fully saturated rings. The van der Waals surface area contributed by atoms with Crippen molar-refractivity contribution in [3.63, 3.8) is 0 Å². The Balaban J connectivity index is 1.76. The van der Waals surface area contributed by atoms with Gasteiger partial charge in [-0.1, -0.05) is 30.3 Å². The number of fused-ring (bicyclic) bond motifs is 1. The van der Waals surface area contributed by atoms with Gasteiger partial charge < -0.3 is 19.4 Å². The molecule has 1 amide bonds. The number of para-hydroxylation sites is 2. The fraction of sp³-hybridized carbons (Fsp3) is 0.148. The number of carbonyl (C=O) groups excluding carboxylic acids is 3. The first-order valence-corrected chi connectivity index (χ1v) is 11.5. The number of carbonyl (C=O) groups is 3. The van der Waals surface area contributed by atoms with Gasteiger partial charge in [0.2, 0.25) is 5.91 Å². The summed E-state index contributed by atoms with van der Waals surface area (Å²) >= 11 is 5.57. The standard InChI is InChI=1S/C27H23ClN2O5/c1-3-34-27(33)25-17(2)30(18-9-5-4-6-10-18)23-14-13-19(15-21(23)25)35-26(32)20-11-7-8-12-22(20)29-24(31)16-28/h4-15H,3,16H2,1-2H3,(H,29,31). The molecule has 7 nitrogen and oxygen atoms in total. The van der Waals surface area contributed by atoms with Crippen molar-refractivity contribution in [3.8, 4) is 11.4 Å². The minimum atomic E-state index is -0.660. The lowest BCUT2D eigenvalue weighted by Gasteiger charge is -2.11. The minimum Gasteiger partial charge on any atom is -0.462 e. The summed E-state index contributed by atoms with van der Waals surface area (Å²) in [4.78, 5) is 37.5. The summed E-state index contributed by atoms with van der Waals surface area (Å²) in [7, 11) is 0. The van der Waals surface area contributed by atoms with Crippen LogP contribution in [0.25, 0.3) is 16.6 Å². The fourth-order valence-electron chi connectivity index (χ4n) is 3.95. The Bertz CT molecular complexity index is 1410. The van der Waals surface area contributed by atoms with Crippen LogP contribution in [0.1, 0.15) is 33.3 Å². The first-order valence-electron chi connectivity index (χ1n) is 11.0. The highest BCUT2D eigenvalue weighted by Crippen LogP contribution is 2.33. The van der Waals surface area contributed by atoms with Gasteiger partial charge in [-0.3, -0.25) is 4.79 Å². The normalized spacial score (nSPS) is 10.7. The van der Waals surface area contributed by atoms with E-state index in [0.29, 0.717) is 22.3 Å². The van der Waals surface area contributed by atoms with Crippen LogP contribution >= 0.6 is 11.6 Å². The number of ether oxygens (including phenoxy) is 2. The SMILES string of the molecule is CCOC(=O)c1c(C)n(-c2ccccc2)c2ccc(OC(=O)c3ccccc3NC(=O)CCl)cc12. The zero-order valence-electron chi connectivity index (χ0n) is 19.2. The van der Waals surface area contributed by atoms with Crippen LogP contribution in [0.2, 0.25) is 0 Å². The molecule has 1 heterocycles. The Hall–Kier alpha value is -4.10. The monoisotopic (exact) mass is 490 g/mol. The molecule has 1 aromatic heterocycles. The molecule has 8 heteroatoms. The van der Waals surface area contributed by atoms with Crippen molar-refractivity contribution in [2.24, 2.45) is 0 Å². The number of aromatic nitrogens is 1. The molecule has 0 saturated heterocycles. The average Bonchev–Trinajstić information content (AvgIpc) is 3.15. The molecule has 1 N–H and O–H groups in total. The number of nitrogens with one attached hydrogen (secondary N) is 1. The molecule has 0 bridgehead atoms. The van der Waals surface area contributed by atoms with Gasteiger partial charge in [0, 0.05) is 16.8 Å². The highest BCUT2D eigenvalue weighted by molar-refractivity contribution is 6.29. The van der Waals surface area contributed by atoms with Crippen LogP contribution in [-0.2, 0) is 9.53 Å². The van der Waals surface area contributed by atoms with E-state index >= 15 is 0 Å². The van der Waals surface area contributed by atoms with Gasteiger partial charge in [0.1, 0.15) is 11.6 Å². The van der Waals surface area contributed by atoms with Crippen LogP contribution in [-0.4, -0.2) is 34.9 Å². The van der Waals surface area contributed by atoms with E-state index in [0.717, 1.165) is 11.2 Å². The number of esters is 2. The summed E-state index contributed by atoms with van der Waals surface area (Å²) in [5.74, 6) is -1.55. The molecule has 0 aliphatic heterocycles. The number of halogens is 1. The number of nitrogens with zero attached hydrogens (tertiary/aromatic N) is 1. The zero-order valence-corrected chi connectivity index (χ0v) is 20.0. The third-order valence-electron chi connectivity index (χ3n) is 5.42. The van der Waals surface area contributed by atoms with Crippen LogP contribution in [0.15, 0.2) is 72.8 Å². The van der Waals surface area contributed by atoms with Crippen LogP contribution in [0.3, 0.4) is 0 Å². The lowest BCUT2D eigenvalue weighted by atomic mass is 10.1. The predicted octanol–water partition coefficient (Wildman–Crippen LogP) is 5.51. The summed E-state index contributed by atoms with van der Waals surface area (Å²) in [5, 5.41) is 3.18. The molecule has 0 saturated carbocycles. The third kappa shape index (κ3) is 4.90. The molecule has 0 aliphatic rings. The van der Waals surface area contributed by atoms with E-state index in [4.69, 9.17) is 21.1 Å². The number of alkyl halides is 1. The molecule has 35 heavy (non-hydrogen) atoms. The van der Waals surface area contributed by atoms with Gasteiger partial charge in [0.15, 0.2) is 0 Å². The second-order valence-electron chi connectivity index (χ2n) is 7.65. The average molecular weight is 491 g/mol. The highest BCUT2D eigenvalue weighted by Gasteiger charge is 2.23. The van der Waals surface area contributed by atoms with Crippen LogP contribution in [0.4, 0.5) is 5.69 Å². The van der Waals surface area contributed by atoms with Gasteiger partial charge in [-0.15, -0.1) is 11.6 Å². The Morgan fingerprint density at radius 3 is 2.37 bits per heavy atom. The van der Waals surface area contributed by atoms with E-state index in [1.54, 1.807) is 49.4 Å². The molecule has 0 aliphatic carbocycles. The molecule has 0 radical (unpaired) electrons. The molecule has 3 aromatic carbocycles. The van der Waals surface area contributed by atoms with Crippen LogP contribution < -0.4 is 10.1 Å². The lowest BCUT2D eigenvalue weighted by Crippen LogP contribution is -2.17. The highest BCUT2D eigenvalue weighted by atomic mass is 35.5. The summed E-state index contributed by atoms with van der Waals surface area (Å²) in [6, 6.07) is 21.2. The maximum atomic E-state index is 13.0. The van der Waals surface area contributed by atoms with Crippen molar-refractivity contribution in [1.82, 2.24) is 4.57 Å². The van der Waals surface area contributed by atoms with Gasteiger partial charge in [0.05, 0.1) is 28.9 Å². The van der Waals surface area contributed by atoms with Crippen molar-refractivity contribution in [2.45, 2.75) is 13.8 Å². The lowest BCUT2D eigenvalue weighted by molar-refractivity contribution is -0.113. The molecular weight excluding hydrogens is 468 g/mol. The van der Waals surface area contributed by atoms with Crippen molar-refractivity contribution >= 4 is 46.0 Å². The van der Waals surface area contributed by atoms with Gasteiger partial charge in [-0.05, 0) is 56.3 Å². The largest absolute Gasteiger partial charge is 0.462 e. The number of amides is 1. The zero-order chi connectivity index (χ0) is 24.9. The molecule has 0 spiro atoms. The number of hydrogen-bond donors (Lipinski definition) is 1. The molecule has 0 unspecified atom stereocenters. The van der Waals surface area contributed by atoms with E-state index < -0.39 is 17.8 Å². The maximum absolute atomic E-state index is 13.0. The summed E-state index contributed by atoms with van der Waals surface area (Å²) in [5.41, 5.74) is 3.24. The first kappa shape index (κ1) is 24.0. The number of hydrogen-bond acceptors (Lipinski definition) is 5. The van der Waals surface area contributed by atoms with Crippen LogP contribution in [0.5, 0.6) is 5.75 Å². The van der Waals surface area contributed by atoms with E-state index in [1.165, 1.54) is 0 Å². The topological polar surface area (TPSA) is 86.6 Å². The third-order valence-corrected chi connectivity index (χ3v) is 5.67. The summed E-state index contributed by atoms with van der Waals surface area (Å²) in [6.07, 6.45) is 0. The number of anilines is 1. The molecule has 0 atom stereocenters. The van der Waals surface area contributed by atoms with E-state index in [9.17, 15) is 14.4 Å². The van der Waals surface area contributed by atoms with E-state index in [-0.39, 0.29) is 23.8 Å². The van der Waals surface area contributed by atoms with Crippen molar-refractivity contribution in [1.29, 1.82) is 0 Å². The Morgan fingerprint density at radius 2 is 1.66 bits per heavy atom. The quantitative estimate of drug-likeness (QED) is 0.209. The van der Waals surface area contributed by atoms with Crippen molar-refractivity contribution in [3.05, 3.63) is 89.6 Å². The smallest absolute Gasteiger partial charge is 0.345 e. The molecule has 178 valence electrons. The number of benzene rings is 3. The van der Waals surface area contributed by atoms with Gasteiger partial charge in [-0.25, -0.2) is 9.59 Å². The Labute approximate surface area is 207 Å². The molecular formula is C27H23ClN2O5. The van der Waals surface area contributed by atoms with Crippen molar-refractivity contribution < 1.29 is 23.9 Å².